The van der Waals surface area contributed by atoms with Crippen LogP contribution in [0, 0.1) is 11.6 Å². The normalized spacial score (nSPS) is 15.4. The van der Waals surface area contributed by atoms with Gasteiger partial charge in [0.2, 0.25) is 5.91 Å². The van der Waals surface area contributed by atoms with Gasteiger partial charge in [0.15, 0.2) is 0 Å². The number of rotatable bonds is 3. The molecular formula is C19H17ClF2N4OS. The Bertz CT molecular complexity index is 1040. The molecule has 146 valence electrons. The minimum absolute atomic E-state index is 0. The van der Waals surface area contributed by atoms with Crippen LogP contribution in [0.5, 0.6) is 0 Å². The summed E-state index contributed by atoms with van der Waals surface area (Å²) >= 11 is 5.75. The lowest BCUT2D eigenvalue weighted by molar-refractivity contribution is -0.123. The van der Waals surface area contributed by atoms with E-state index in [-0.39, 0.29) is 42.8 Å². The number of aromatic nitrogens is 2. The van der Waals surface area contributed by atoms with E-state index < -0.39 is 5.82 Å². The van der Waals surface area contributed by atoms with Gasteiger partial charge in [-0.3, -0.25) is 4.79 Å². The van der Waals surface area contributed by atoms with E-state index in [0.717, 1.165) is 0 Å². The molecule has 9 heteroatoms. The number of halogens is 3. The molecule has 1 aliphatic heterocycles. The van der Waals surface area contributed by atoms with Crippen LogP contribution in [0.25, 0.3) is 11.3 Å². The van der Waals surface area contributed by atoms with E-state index in [1.807, 2.05) is 6.92 Å². The summed E-state index contributed by atoms with van der Waals surface area (Å²) in [5.74, 6) is 0.117. The van der Waals surface area contributed by atoms with Crippen molar-refractivity contribution in [2.45, 2.75) is 19.5 Å². The maximum atomic E-state index is 13.8. The fourth-order valence-electron chi connectivity index (χ4n) is 3.10. The van der Waals surface area contributed by atoms with Crippen LogP contribution >= 0.6 is 25.1 Å². The van der Waals surface area contributed by atoms with E-state index in [0.29, 0.717) is 28.6 Å². The Labute approximate surface area is 172 Å². The molecule has 0 bridgehead atoms. The molecule has 0 spiro atoms. The minimum atomic E-state index is -0.561. The zero-order chi connectivity index (χ0) is 19.1. The predicted octanol–water partition coefficient (Wildman–Crippen LogP) is 4.53. The second-order valence-corrected chi connectivity index (χ2v) is 6.71. The van der Waals surface area contributed by atoms with E-state index in [1.165, 1.54) is 24.3 Å². The Morgan fingerprint density at radius 3 is 2.61 bits per heavy atom. The molecule has 1 amide bonds. The van der Waals surface area contributed by atoms with Gasteiger partial charge < -0.3 is 15.2 Å². The highest BCUT2D eigenvalue weighted by molar-refractivity contribution is 7.59. The van der Waals surface area contributed by atoms with Crippen LogP contribution in [0.2, 0.25) is 5.02 Å². The summed E-state index contributed by atoms with van der Waals surface area (Å²) in [5, 5.41) is 5.98. The number of imidazole rings is 1. The highest BCUT2D eigenvalue weighted by Gasteiger charge is 2.28. The van der Waals surface area contributed by atoms with Gasteiger partial charge in [-0.2, -0.15) is 13.5 Å². The summed E-state index contributed by atoms with van der Waals surface area (Å²) in [6.07, 6.45) is 0. The molecule has 3 aromatic rings. The average Bonchev–Trinajstić information content (AvgIpc) is 2.98. The number of nitrogens with zero attached hydrogens (tertiary/aromatic N) is 2. The SMILES string of the molecule is C[C@@H]1NC(=O)Cn2c1nc(-c1ccc(F)cc1)c2Nc1ccc(Cl)c(F)c1.S. The highest BCUT2D eigenvalue weighted by Crippen LogP contribution is 2.35. The second-order valence-electron chi connectivity index (χ2n) is 6.30. The van der Waals surface area contributed by atoms with Crippen molar-refractivity contribution in [3.63, 3.8) is 0 Å². The Hall–Kier alpha value is -2.58. The third-order valence-electron chi connectivity index (χ3n) is 4.36. The molecule has 0 radical (unpaired) electrons. The molecule has 2 aromatic carbocycles. The van der Waals surface area contributed by atoms with Crippen LogP contribution in [0.4, 0.5) is 20.3 Å². The lowest BCUT2D eigenvalue weighted by Gasteiger charge is -2.23. The molecule has 5 nitrogen and oxygen atoms in total. The van der Waals surface area contributed by atoms with Gasteiger partial charge in [-0.1, -0.05) is 11.6 Å². The lowest BCUT2D eigenvalue weighted by Crippen LogP contribution is -2.37. The quantitative estimate of drug-likeness (QED) is 0.652. The first-order valence-corrected chi connectivity index (χ1v) is 8.68. The molecule has 0 aliphatic carbocycles. The third-order valence-corrected chi connectivity index (χ3v) is 4.67. The number of anilines is 2. The van der Waals surface area contributed by atoms with Gasteiger partial charge in [-0.05, 0) is 49.4 Å². The Balaban J connectivity index is 0.00000225. The van der Waals surface area contributed by atoms with Crippen molar-refractivity contribution in [1.82, 2.24) is 14.9 Å². The van der Waals surface area contributed by atoms with E-state index in [4.69, 9.17) is 11.6 Å². The maximum Gasteiger partial charge on any atom is 0.240 e. The zero-order valence-corrected chi connectivity index (χ0v) is 16.5. The van der Waals surface area contributed by atoms with E-state index in [1.54, 1.807) is 22.8 Å². The summed E-state index contributed by atoms with van der Waals surface area (Å²) in [7, 11) is 0. The Kier molecular flexibility index (Phi) is 5.62. The van der Waals surface area contributed by atoms with Crippen LogP contribution in [0.3, 0.4) is 0 Å². The zero-order valence-electron chi connectivity index (χ0n) is 14.8. The molecule has 2 N–H and O–H groups in total. The number of carbonyl (C=O) groups is 1. The number of amides is 1. The minimum Gasteiger partial charge on any atom is -0.345 e. The van der Waals surface area contributed by atoms with Crippen molar-refractivity contribution < 1.29 is 13.6 Å². The molecule has 28 heavy (non-hydrogen) atoms. The highest BCUT2D eigenvalue weighted by atomic mass is 35.5. The molecule has 0 unspecified atom stereocenters. The van der Waals surface area contributed by atoms with Crippen LogP contribution in [0.1, 0.15) is 18.8 Å². The van der Waals surface area contributed by atoms with Gasteiger partial charge in [0.25, 0.3) is 0 Å². The molecular weight excluding hydrogens is 406 g/mol. The fraction of sp³-hybridized carbons (Fsp3) is 0.158. The number of nitrogens with one attached hydrogen (secondary N) is 2. The fourth-order valence-corrected chi connectivity index (χ4v) is 3.22. The van der Waals surface area contributed by atoms with Gasteiger partial charge in [0.1, 0.15) is 35.5 Å². The van der Waals surface area contributed by atoms with Crippen LogP contribution in [0.15, 0.2) is 42.5 Å². The van der Waals surface area contributed by atoms with E-state index in [9.17, 15) is 13.6 Å². The first-order chi connectivity index (χ1) is 12.9. The number of hydrogen-bond acceptors (Lipinski definition) is 3. The molecule has 0 saturated carbocycles. The maximum absolute atomic E-state index is 13.8. The first kappa shape index (κ1) is 20.2. The number of benzene rings is 2. The van der Waals surface area contributed by atoms with Gasteiger partial charge in [0.05, 0.1) is 11.1 Å². The summed E-state index contributed by atoms with van der Waals surface area (Å²) in [6.45, 7) is 1.91. The topological polar surface area (TPSA) is 59.0 Å². The van der Waals surface area contributed by atoms with Gasteiger partial charge in [0, 0.05) is 11.3 Å². The van der Waals surface area contributed by atoms with Crippen LogP contribution in [-0.4, -0.2) is 15.5 Å². The van der Waals surface area contributed by atoms with E-state index >= 15 is 0 Å². The van der Waals surface area contributed by atoms with Crippen LogP contribution in [-0.2, 0) is 11.3 Å². The summed E-state index contributed by atoms with van der Waals surface area (Å²) in [5.41, 5.74) is 1.68. The standard InChI is InChI=1S/C19H15ClF2N4O.H2S/c1-10-18-25-17(11-2-4-12(21)5-3-11)19(26(18)9-16(27)23-10)24-13-6-7-14(20)15(22)8-13;/h2-8,10,24H,9H2,1H3,(H,23,27);1H2/t10-;/m0./s1. The van der Waals surface area contributed by atoms with Gasteiger partial charge in [-0.25, -0.2) is 13.8 Å². The van der Waals surface area contributed by atoms with Crippen molar-refractivity contribution in [2.24, 2.45) is 0 Å². The molecule has 0 saturated heterocycles. The van der Waals surface area contributed by atoms with E-state index in [2.05, 4.69) is 15.6 Å². The Morgan fingerprint density at radius 1 is 1.21 bits per heavy atom. The van der Waals surface area contributed by atoms with Gasteiger partial charge >= 0.3 is 0 Å². The first-order valence-electron chi connectivity index (χ1n) is 8.30. The molecule has 1 atom stereocenters. The van der Waals surface area contributed by atoms with Crippen molar-refractivity contribution in [3.8, 4) is 11.3 Å². The van der Waals surface area contributed by atoms with Gasteiger partial charge in [-0.15, -0.1) is 0 Å². The molecule has 1 aromatic heterocycles. The van der Waals surface area contributed by atoms with Crippen LogP contribution < -0.4 is 10.6 Å². The molecule has 0 fully saturated rings. The van der Waals surface area contributed by atoms with Crippen molar-refractivity contribution >= 4 is 42.5 Å². The number of fused-ring (bicyclic) bond motifs is 1. The predicted molar refractivity (Wildman–Crippen MR) is 109 cm³/mol. The molecule has 1 aliphatic rings. The second kappa shape index (κ2) is 7.81. The smallest absolute Gasteiger partial charge is 0.240 e. The number of hydrogen-bond donors (Lipinski definition) is 2. The lowest BCUT2D eigenvalue weighted by atomic mass is 10.1. The van der Waals surface area contributed by atoms with Crippen molar-refractivity contribution in [3.05, 3.63) is 64.9 Å². The monoisotopic (exact) mass is 422 g/mol. The largest absolute Gasteiger partial charge is 0.345 e. The number of carbonyl (C=O) groups excluding carboxylic acids is 1. The average molecular weight is 423 g/mol. The Morgan fingerprint density at radius 2 is 1.93 bits per heavy atom. The molecule has 4 rings (SSSR count). The van der Waals surface area contributed by atoms with Crippen molar-refractivity contribution in [2.75, 3.05) is 5.32 Å². The van der Waals surface area contributed by atoms with Crippen molar-refractivity contribution in [1.29, 1.82) is 0 Å². The third kappa shape index (κ3) is 3.70. The summed E-state index contributed by atoms with van der Waals surface area (Å²) in [6, 6.07) is 9.95. The molecule has 2 heterocycles. The summed E-state index contributed by atoms with van der Waals surface area (Å²) < 4.78 is 28.9. The summed E-state index contributed by atoms with van der Waals surface area (Å²) in [4.78, 5) is 16.7.